The molecule has 0 spiro atoms. The smallest absolute Gasteiger partial charge is 0.223 e. The van der Waals surface area contributed by atoms with Crippen LogP contribution < -0.4 is 10.6 Å². The Kier molecular flexibility index (Phi) is 4.78. The third kappa shape index (κ3) is 3.46. The van der Waals surface area contributed by atoms with E-state index >= 15 is 0 Å². The molecular weight excluding hydrogens is 242 g/mol. The average Bonchev–Trinajstić information content (AvgIpc) is 2.48. The minimum Gasteiger partial charge on any atom is -0.381 e. The van der Waals surface area contributed by atoms with E-state index in [0.29, 0.717) is 0 Å². The first kappa shape index (κ1) is 14.3. The Morgan fingerprint density at radius 3 is 2.42 bits per heavy atom. The summed E-state index contributed by atoms with van der Waals surface area (Å²) in [6.45, 7) is 1.49. The first-order chi connectivity index (χ1) is 9.19. The summed E-state index contributed by atoms with van der Waals surface area (Å²) in [5.74, 6) is 0.229. The summed E-state index contributed by atoms with van der Waals surface area (Å²) < 4.78 is 5.29. The maximum atomic E-state index is 12.2. The predicted molar refractivity (Wildman–Crippen MR) is 71.3 cm³/mol. The molecule has 0 aromatic rings. The van der Waals surface area contributed by atoms with Crippen LogP contribution in [-0.4, -0.2) is 37.7 Å². The molecule has 0 atom stereocenters. The molecule has 1 saturated carbocycles. The second-order valence-electron chi connectivity index (χ2n) is 5.61. The monoisotopic (exact) mass is 265 g/mol. The van der Waals surface area contributed by atoms with Crippen LogP contribution in [0, 0.1) is 17.2 Å². The first-order valence-electron chi connectivity index (χ1n) is 7.17. The fraction of sp³-hybridized carbons (Fsp3) is 0.857. The standard InChI is InChI=1S/C14H23N3O2/c1-16-14(10-15)6-2-11(3-7-14)13(18)17-12-4-8-19-9-5-12/h11-12,16H,2-9H2,1H3,(H,17,18). The highest BCUT2D eigenvalue weighted by molar-refractivity contribution is 5.79. The van der Waals surface area contributed by atoms with Crippen molar-refractivity contribution in [3.8, 4) is 6.07 Å². The maximum absolute atomic E-state index is 12.2. The lowest BCUT2D eigenvalue weighted by atomic mass is 9.77. The van der Waals surface area contributed by atoms with Crippen molar-refractivity contribution in [2.45, 2.75) is 50.1 Å². The van der Waals surface area contributed by atoms with Crippen molar-refractivity contribution >= 4 is 5.91 Å². The molecule has 106 valence electrons. The number of nitrogens with one attached hydrogen (secondary N) is 2. The van der Waals surface area contributed by atoms with E-state index in [9.17, 15) is 10.1 Å². The van der Waals surface area contributed by atoms with Crippen LogP contribution in [0.4, 0.5) is 0 Å². The SMILES string of the molecule is CNC1(C#N)CCC(C(=O)NC2CCOCC2)CC1. The van der Waals surface area contributed by atoms with Crippen LogP contribution in [-0.2, 0) is 9.53 Å². The lowest BCUT2D eigenvalue weighted by molar-refractivity contribution is -0.127. The third-order valence-electron chi connectivity index (χ3n) is 4.47. The van der Waals surface area contributed by atoms with Gasteiger partial charge in [0.15, 0.2) is 0 Å². The van der Waals surface area contributed by atoms with Crippen LogP contribution in [0.25, 0.3) is 0 Å². The van der Waals surface area contributed by atoms with Crippen molar-refractivity contribution < 1.29 is 9.53 Å². The van der Waals surface area contributed by atoms with Gasteiger partial charge in [0.1, 0.15) is 5.54 Å². The zero-order chi connectivity index (χ0) is 13.7. The summed E-state index contributed by atoms with van der Waals surface area (Å²) in [6, 6.07) is 2.62. The van der Waals surface area contributed by atoms with Gasteiger partial charge in [0.2, 0.25) is 5.91 Å². The van der Waals surface area contributed by atoms with E-state index in [2.05, 4.69) is 16.7 Å². The molecule has 0 aromatic heterocycles. The molecule has 2 aliphatic rings. The molecule has 0 bridgehead atoms. The molecule has 1 saturated heterocycles. The van der Waals surface area contributed by atoms with E-state index in [4.69, 9.17) is 4.74 Å². The quantitative estimate of drug-likeness (QED) is 0.797. The normalized spacial score (nSPS) is 32.5. The summed E-state index contributed by atoms with van der Waals surface area (Å²) >= 11 is 0. The second kappa shape index (κ2) is 6.36. The number of carbonyl (C=O) groups excluding carboxylic acids is 1. The summed E-state index contributed by atoms with van der Waals surface area (Å²) in [6.07, 6.45) is 4.93. The molecule has 5 nitrogen and oxygen atoms in total. The van der Waals surface area contributed by atoms with Crippen molar-refractivity contribution in [3.63, 3.8) is 0 Å². The highest BCUT2D eigenvalue weighted by atomic mass is 16.5. The van der Waals surface area contributed by atoms with Crippen molar-refractivity contribution in [2.24, 2.45) is 5.92 Å². The topological polar surface area (TPSA) is 74.2 Å². The van der Waals surface area contributed by atoms with Gasteiger partial charge in [-0.3, -0.25) is 4.79 Å². The maximum Gasteiger partial charge on any atom is 0.223 e. The molecule has 19 heavy (non-hydrogen) atoms. The Balaban J connectivity index is 1.80. The minimum atomic E-state index is -0.421. The largest absolute Gasteiger partial charge is 0.381 e. The molecule has 1 aliphatic carbocycles. The number of hydrogen-bond acceptors (Lipinski definition) is 4. The Morgan fingerprint density at radius 2 is 1.89 bits per heavy atom. The molecule has 1 amide bonds. The van der Waals surface area contributed by atoms with E-state index in [1.165, 1.54) is 0 Å². The van der Waals surface area contributed by atoms with Crippen molar-refractivity contribution in [1.82, 2.24) is 10.6 Å². The first-order valence-corrected chi connectivity index (χ1v) is 7.17. The van der Waals surface area contributed by atoms with Crippen LogP contribution in [0.1, 0.15) is 38.5 Å². The fourth-order valence-corrected chi connectivity index (χ4v) is 2.95. The Bertz CT molecular complexity index is 350. The van der Waals surface area contributed by atoms with Gasteiger partial charge in [0.25, 0.3) is 0 Å². The number of nitrogens with zero attached hydrogens (tertiary/aromatic N) is 1. The number of hydrogen-bond donors (Lipinski definition) is 2. The molecule has 0 aromatic carbocycles. The van der Waals surface area contributed by atoms with Crippen LogP contribution in [0.15, 0.2) is 0 Å². The zero-order valence-corrected chi connectivity index (χ0v) is 11.6. The number of nitriles is 1. The molecule has 2 rings (SSSR count). The van der Waals surface area contributed by atoms with Gasteiger partial charge >= 0.3 is 0 Å². The molecule has 0 unspecified atom stereocenters. The van der Waals surface area contributed by atoms with Crippen LogP contribution in [0.3, 0.4) is 0 Å². The Labute approximate surface area is 114 Å². The lowest BCUT2D eigenvalue weighted by Crippen LogP contribution is -2.48. The van der Waals surface area contributed by atoms with Gasteiger partial charge in [0.05, 0.1) is 6.07 Å². The van der Waals surface area contributed by atoms with Crippen molar-refractivity contribution in [3.05, 3.63) is 0 Å². The summed E-state index contributed by atoms with van der Waals surface area (Å²) in [4.78, 5) is 12.2. The Morgan fingerprint density at radius 1 is 1.26 bits per heavy atom. The third-order valence-corrected chi connectivity index (χ3v) is 4.47. The second-order valence-corrected chi connectivity index (χ2v) is 5.61. The van der Waals surface area contributed by atoms with Gasteiger partial charge in [-0.1, -0.05) is 0 Å². The molecule has 1 heterocycles. The van der Waals surface area contributed by atoms with Crippen LogP contribution in [0.2, 0.25) is 0 Å². The number of ether oxygens (including phenoxy) is 1. The number of amides is 1. The van der Waals surface area contributed by atoms with E-state index in [1.807, 2.05) is 7.05 Å². The van der Waals surface area contributed by atoms with E-state index in [-0.39, 0.29) is 17.9 Å². The number of rotatable bonds is 3. The predicted octanol–water partition coefficient (Wildman–Crippen LogP) is 0.954. The minimum absolute atomic E-state index is 0.0673. The van der Waals surface area contributed by atoms with Gasteiger partial charge in [-0.15, -0.1) is 0 Å². The van der Waals surface area contributed by atoms with Crippen molar-refractivity contribution in [2.75, 3.05) is 20.3 Å². The average molecular weight is 265 g/mol. The van der Waals surface area contributed by atoms with Gasteiger partial charge in [-0.05, 0) is 45.6 Å². The summed E-state index contributed by atoms with van der Waals surface area (Å²) in [5, 5.41) is 15.4. The van der Waals surface area contributed by atoms with Crippen molar-refractivity contribution in [1.29, 1.82) is 5.26 Å². The van der Waals surface area contributed by atoms with E-state index in [1.54, 1.807) is 0 Å². The Hall–Kier alpha value is -1.12. The van der Waals surface area contributed by atoms with Gasteiger partial charge < -0.3 is 15.4 Å². The highest BCUT2D eigenvalue weighted by Gasteiger charge is 2.36. The molecule has 1 aliphatic heterocycles. The molecule has 5 heteroatoms. The van der Waals surface area contributed by atoms with E-state index < -0.39 is 5.54 Å². The summed E-state index contributed by atoms with van der Waals surface area (Å²) in [5.41, 5.74) is -0.421. The van der Waals surface area contributed by atoms with E-state index in [0.717, 1.165) is 51.7 Å². The highest BCUT2D eigenvalue weighted by Crippen LogP contribution is 2.31. The molecule has 0 radical (unpaired) electrons. The van der Waals surface area contributed by atoms with Gasteiger partial charge in [-0.25, -0.2) is 0 Å². The number of carbonyl (C=O) groups is 1. The zero-order valence-electron chi connectivity index (χ0n) is 11.6. The van der Waals surface area contributed by atoms with Gasteiger partial charge in [0, 0.05) is 25.2 Å². The van der Waals surface area contributed by atoms with Crippen LogP contribution >= 0.6 is 0 Å². The molecule has 2 fully saturated rings. The van der Waals surface area contributed by atoms with Crippen LogP contribution in [0.5, 0.6) is 0 Å². The summed E-state index contributed by atoms with van der Waals surface area (Å²) in [7, 11) is 1.83. The van der Waals surface area contributed by atoms with Gasteiger partial charge in [-0.2, -0.15) is 5.26 Å². The molecular formula is C14H23N3O2. The lowest BCUT2D eigenvalue weighted by Gasteiger charge is -2.35. The fourth-order valence-electron chi connectivity index (χ4n) is 2.95. The molecule has 2 N–H and O–H groups in total.